The molecule has 1 aliphatic heterocycles. The molecule has 1 aliphatic rings. The van der Waals surface area contributed by atoms with Crippen LogP contribution in [0.2, 0.25) is 5.02 Å². The van der Waals surface area contributed by atoms with Gasteiger partial charge in [-0.05, 0) is 42.9 Å². The number of aromatic nitrogens is 3. The fourth-order valence-corrected chi connectivity index (χ4v) is 4.34. The summed E-state index contributed by atoms with van der Waals surface area (Å²) in [4.78, 5) is 13.7. The third kappa shape index (κ3) is 3.74. The van der Waals surface area contributed by atoms with E-state index in [9.17, 15) is 4.79 Å². The first-order valence-corrected chi connectivity index (χ1v) is 9.35. The smallest absolute Gasteiger partial charge is 0.249 e. The highest BCUT2D eigenvalue weighted by atomic mass is 35.5. The molecule has 1 fully saturated rings. The number of rotatable bonds is 5. The van der Waals surface area contributed by atoms with E-state index in [1.807, 2.05) is 41.5 Å². The van der Waals surface area contributed by atoms with E-state index in [0.29, 0.717) is 18.0 Å². The highest BCUT2D eigenvalue weighted by molar-refractivity contribution is 7.99. The van der Waals surface area contributed by atoms with E-state index >= 15 is 0 Å². The quantitative estimate of drug-likeness (QED) is 0.628. The van der Waals surface area contributed by atoms with Crippen molar-refractivity contribution in [1.29, 1.82) is 0 Å². The maximum Gasteiger partial charge on any atom is 0.249 e. The van der Waals surface area contributed by atoms with Crippen molar-refractivity contribution in [2.24, 2.45) is 5.41 Å². The molecule has 1 aromatic heterocycles. The van der Waals surface area contributed by atoms with E-state index < -0.39 is 5.41 Å². The molecule has 2 N–H and O–H groups in total. The largest absolute Gasteiger partial charge is 0.289 e. The Hall–Kier alpha value is -1.57. The van der Waals surface area contributed by atoms with Crippen molar-refractivity contribution in [3.8, 4) is 11.3 Å². The number of carbonyl (C=O) groups is 1. The van der Waals surface area contributed by atoms with Gasteiger partial charge in [0.2, 0.25) is 5.91 Å². The minimum atomic E-state index is -0.534. The van der Waals surface area contributed by atoms with Gasteiger partial charge in [0.05, 0.1) is 18.2 Å². The lowest BCUT2D eigenvalue weighted by molar-refractivity contribution is -0.141. The van der Waals surface area contributed by atoms with Gasteiger partial charge < -0.3 is 0 Å². The summed E-state index contributed by atoms with van der Waals surface area (Å²) >= 11 is 7.74. The van der Waals surface area contributed by atoms with Gasteiger partial charge in [-0.2, -0.15) is 26.8 Å². The first kappa shape index (κ1) is 17.3. The zero-order valence-corrected chi connectivity index (χ0v) is 14.7. The van der Waals surface area contributed by atoms with Crippen molar-refractivity contribution in [2.45, 2.75) is 25.8 Å². The van der Waals surface area contributed by atoms with Crippen LogP contribution in [-0.2, 0) is 11.3 Å². The molecule has 0 saturated carbocycles. The summed E-state index contributed by atoms with van der Waals surface area (Å²) in [5, 5.41) is 18.5. The van der Waals surface area contributed by atoms with Crippen molar-refractivity contribution in [2.75, 3.05) is 11.5 Å². The summed E-state index contributed by atoms with van der Waals surface area (Å²) in [6, 6.07) is 7.43. The highest BCUT2D eigenvalue weighted by Gasteiger charge is 2.39. The van der Waals surface area contributed by atoms with Crippen molar-refractivity contribution in [1.82, 2.24) is 20.5 Å². The Morgan fingerprint density at radius 3 is 2.71 bits per heavy atom. The normalized spacial score (nSPS) is 16.8. The zero-order chi connectivity index (χ0) is 17.0. The summed E-state index contributed by atoms with van der Waals surface area (Å²) in [5.41, 5.74) is 3.02. The molecule has 6 nitrogen and oxygen atoms in total. The van der Waals surface area contributed by atoms with Crippen LogP contribution in [0.15, 0.2) is 30.5 Å². The SMILES string of the molecule is O=C(NO)C1(CCn2ncc(-c3ccc(Cl)cc3)n2)CCSCC1. The first-order valence-electron chi connectivity index (χ1n) is 7.81. The van der Waals surface area contributed by atoms with E-state index in [4.69, 9.17) is 16.8 Å². The minimum Gasteiger partial charge on any atom is -0.289 e. The Morgan fingerprint density at radius 1 is 1.33 bits per heavy atom. The van der Waals surface area contributed by atoms with E-state index in [-0.39, 0.29) is 5.91 Å². The third-order valence-electron chi connectivity index (χ3n) is 4.50. The van der Waals surface area contributed by atoms with Crippen LogP contribution in [0, 0.1) is 5.41 Å². The number of hydroxylamine groups is 1. The van der Waals surface area contributed by atoms with Gasteiger partial charge in [-0.25, -0.2) is 5.48 Å². The topological polar surface area (TPSA) is 80.0 Å². The van der Waals surface area contributed by atoms with E-state index in [2.05, 4.69) is 10.2 Å². The molecule has 0 aliphatic carbocycles. The first-order chi connectivity index (χ1) is 11.6. The van der Waals surface area contributed by atoms with Crippen molar-refractivity contribution in [3.63, 3.8) is 0 Å². The third-order valence-corrected chi connectivity index (χ3v) is 5.74. The van der Waals surface area contributed by atoms with Crippen LogP contribution < -0.4 is 5.48 Å². The van der Waals surface area contributed by atoms with Gasteiger partial charge >= 0.3 is 0 Å². The molecular weight excluding hydrogens is 348 g/mol. The van der Waals surface area contributed by atoms with Crippen LogP contribution in [0.3, 0.4) is 0 Å². The number of hydrogen-bond acceptors (Lipinski definition) is 5. The monoisotopic (exact) mass is 366 g/mol. The van der Waals surface area contributed by atoms with E-state index in [1.165, 1.54) is 0 Å². The number of thioether (sulfide) groups is 1. The van der Waals surface area contributed by atoms with Crippen LogP contribution in [0.4, 0.5) is 0 Å². The summed E-state index contributed by atoms with van der Waals surface area (Å²) in [7, 11) is 0. The second-order valence-electron chi connectivity index (χ2n) is 5.92. The van der Waals surface area contributed by atoms with Crippen molar-refractivity contribution >= 4 is 29.3 Å². The van der Waals surface area contributed by atoms with Gasteiger partial charge in [-0.3, -0.25) is 10.0 Å². The average Bonchev–Trinajstić information content (AvgIpc) is 3.10. The number of aryl methyl sites for hydroxylation is 1. The number of carbonyl (C=O) groups excluding carboxylic acids is 1. The van der Waals surface area contributed by atoms with Gasteiger partial charge in [-0.1, -0.05) is 23.7 Å². The Morgan fingerprint density at radius 2 is 2.04 bits per heavy atom. The van der Waals surface area contributed by atoms with Gasteiger partial charge in [0.15, 0.2) is 0 Å². The number of hydrogen-bond donors (Lipinski definition) is 2. The molecule has 3 rings (SSSR count). The van der Waals surface area contributed by atoms with Gasteiger partial charge in [-0.15, -0.1) is 0 Å². The lowest BCUT2D eigenvalue weighted by Gasteiger charge is -2.34. The molecule has 0 spiro atoms. The Bertz CT molecular complexity index is 698. The molecule has 1 amide bonds. The van der Waals surface area contributed by atoms with Crippen LogP contribution in [0.5, 0.6) is 0 Å². The Balaban J connectivity index is 1.69. The van der Waals surface area contributed by atoms with Gasteiger partial charge in [0, 0.05) is 10.6 Å². The standard InChI is InChI=1S/C16H19ClN4O2S/c17-13-3-1-12(2-4-13)14-11-18-21(19-14)8-5-16(15(22)20-23)6-9-24-10-7-16/h1-4,11,23H,5-10H2,(H,20,22). The molecule has 1 aromatic carbocycles. The minimum absolute atomic E-state index is 0.298. The molecule has 0 unspecified atom stereocenters. The molecule has 0 radical (unpaired) electrons. The molecule has 24 heavy (non-hydrogen) atoms. The maximum absolute atomic E-state index is 12.1. The second kappa shape index (κ2) is 7.55. The van der Waals surface area contributed by atoms with Crippen LogP contribution in [0.25, 0.3) is 11.3 Å². The highest BCUT2D eigenvalue weighted by Crippen LogP contribution is 2.38. The van der Waals surface area contributed by atoms with E-state index in [0.717, 1.165) is 35.6 Å². The molecule has 2 heterocycles. The Kier molecular flexibility index (Phi) is 5.43. The number of nitrogens with one attached hydrogen (secondary N) is 1. The summed E-state index contributed by atoms with van der Waals surface area (Å²) in [6.07, 6.45) is 3.83. The second-order valence-corrected chi connectivity index (χ2v) is 7.58. The fraction of sp³-hybridized carbons (Fsp3) is 0.438. The lowest BCUT2D eigenvalue weighted by atomic mass is 9.78. The predicted octanol–water partition coefficient (Wildman–Crippen LogP) is 3.01. The molecule has 2 aromatic rings. The number of halogens is 1. The number of amides is 1. The number of benzene rings is 1. The summed E-state index contributed by atoms with van der Waals surface area (Å²) < 4.78 is 0. The zero-order valence-electron chi connectivity index (χ0n) is 13.1. The maximum atomic E-state index is 12.1. The molecule has 8 heteroatoms. The van der Waals surface area contributed by atoms with E-state index in [1.54, 1.807) is 11.0 Å². The number of nitrogens with zero attached hydrogens (tertiary/aromatic N) is 3. The summed E-state index contributed by atoms with van der Waals surface area (Å²) in [5.74, 6) is 1.55. The Labute approximate surface area is 149 Å². The van der Waals surface area contributed by atoms with Gasteiger partial charge in [0.25, 0.3) is 0 Å². The molecule has 0 bridgehead atoms. The fourth-order valence-electron chi connectivity index (χ4n) is 2.94. The average molecular weight is 367 g/mol. The molecular formula is C16H19ClN4O2S. The van der Waals surface area contributed by atoms with Crippen molar-refractivity contribution < 1.29 is 10.0 Å². The van der Waals surface area contributed by atoms with Crippen LogP contribution in [0.1, 0.15) is 19.3 Å². The molecule has 0 atom stereocenters. The van der Waals surface area contributed by atoms with Crippen LogP contribution >= 0.6 is 23.4 Å². The summed E-state index contributed by atoms with van der Waals surface area (Å²) in [6.45, 7) is 0.533. The van der Waals surface area contributed by atoms with Crippen LogP contribution in [-0.4, -0.2) is 37.6 Å². The lowest BCUT2D eigenvalue weighted by Crippen LogP contribution is -2.43. The predicted molar refractivity (Wildman–Crippen MR) is 94.0 cm³/mol. The van der Waals surface area contributed by atoms with Crippen molar-refractivity contribution in [3.05, 3.63) is 35.5 Å². The molecule has 1 saturated heterocycles. The molecule has 128 valence electrons. The van der Waals surface area contributed by atoms with Gasteiger partial charge in [0.1, 0.15) is 5.69 Å².